The fourth-order valence-electron chi connectivity index (χ4n) is 5.03. The Bertz CT molecular complexity index is 376. The highest BCUT2D eigenvalue weighted by Crippen LogP contribution is 2.63. The summed E-state index contributed by atoms with van der Waals surface area (Å²) in [5.41, 5.74) is 0.295. The average molecular weight is 268 g/mol. The number of carbonyl (C=O) groups excluding carboxylic acids is 1. The Hall–Kier alpha value is -0.500. The number of carbonyl (C=O) groups is 1. The number of nitrogens with one attached hydrogen (secondary N) is 1. The zero-order chi connectivity index (χ0) is 12.8. The molecule has 2 atom stereocenters. The normalized spacial score (nSPS) is 45.7. The number of alkyl halides is 1. The van der Waals surface area contributed by atoms with Gasteiger partial charge in [-0.2, -0.15) is 0 Å². The van der Waals surface area contributed by atoms with Gasteiger partial charge in [0.25, 0.3) is 0 Å². The standard InChI is InChI=1S/C15H22ClNO/c1-2-3-13(18)17-10-14-5-11-4-12(6-14)8-15(16,7-11)9-14/h2-3,11-12H,4-10H2,1H3,(H,17,18)/b3-2+/t11-,12-,14?,15?/m0/s1. The van der Waals surface area contributed by atoms with Crippen molar-refractivity contribution in [2.24, 2.45) is 17.3 Å². The van der Waals surface area contributed by atoms with Gasteiger partial charge in [-0.25, -0.2) is 0 Å². The molecule has 3 heteroatoms. The molecule has 0 heterocycles. The lowest BCUT2D eigenvalue weighted by Gasteiger charge is -2.60. The van der Waals surface area contributed by atoms with E-state index in [-0.39, 0.29) is 10.8 Å². The summed E-state index contributed by atoms with van der Waals surface area (Å²) < 4.78 is 0. The smallest absolute Gasteiger partial charge is 0.243 e. The predicted octanol–water partition coefficient (Wildman–Crippen LogP) is 3.26. The molecule has 18 heavy (non-hydrogen) atoms. The van der Waals surface area contributed by atoms with Crippen LogP contribution in [-0.2, 0) is 4.79 Å². The summed E-state index contributed by atoms with van der Waals surface area (Å²) in [6.45, 7) is 2.69. The van der Waals surface area contributed by atoms with Gasteiger partial charge in [-0.05, 0) is 68.8 Å². The van der Waals surface area contributed by atoms with Crippen LogP contribution in [0.4, 0.5) is 0 Å². The van der Waals surface area contributed by atoms with Gasteiger partial charge in [-0.15, -0.1) is 11.6 Å². The molecule has 2 nitrogen and oxygen atoms in total. The van der Waals surface area contributed by atoms with Crippen molar-refractivity contribution in [2.45, 2.75) is 50.3 Å². The minimum absolute atomic E-state index is 0.0388. The summed E-state index contributed by atoms with van der Waals surface area (Å²) in [6, 6.07) is 0. The second-order valence-corrected chi connectivity index (χ2v) is 7.63. The van der Waals surface area contributed by atoms with Crippen molar-refractivity contribution in [3.8, 4) is 0 Å². The van der Waals surface area contributed by atoms with Gasteiger partial charge >= 0.3 is 0 Å². The lowest BCUT2D eigenvalue weighted by atomic mass is 9.49. The van der Waals surface area contributed by atoms with Crippen LogP contribution < -0.4 is 5.32 Å². The van der Waals surface area contributed by atoms with Crippen molar-refractivity contribution in [3.05, 3.63) is 12.2 Å². The van der Waals surface area contributed by atoms with Gasteiger partial charge in [0.15, 0.2) is 0 Å². The summed E-state index contributed by atoms with van der Waals surface area (Å²) in [4.78, 5) is 11.6. The molecule has 0 radical (unpaired) electrons. The number of hydrogen-bond acceptors (Lipinski definition) is 1. The predicted molar refractivity (Wildman–Crippen MR) is 73.5 cm³/mol. The van der Waals surface area contributed by atoms with Crippen LogP contribution in [0.25, 0.3) is 0 Å². The van der Waals surface area contributed by atoms with Gasteiger partial charge < -0.3 is 5.32 Å². The summed E-state index contributed by atoms with van der Waals surface area (Å²) >= 11 is 6.77. The first kappa shape index (κ1) is 12.5. The average Bonchev–Trinajstić information content (AvgIpc) is 2.23. The highest BCUT2D eigenvalue weighted by molar-refractivity contribution is 6.24. The third-order valence-electron chi connectivity index (χ3n) is 5.07. The van der Waals surface area contributed by atoms with Gasteiger partial charge in [-0.3, -0.25) is 4.79 Å². The number of rotatable bonds is 3. The second-order valence-electron chi connectivity index (χ2n) is 6.83. The molecule has 0 saturated heterocycles. The van der Waals surface area contributed by atoms with Crippen LogP contribution in [0.2, 0.25) is 0 Å². The van der Waals surface area contributed by atoms with Crippen molar-refractivity contribution >= 4 is 17.5 Å². The molecule has 4 aliphatic carbocycles. The Morgan fingerprint density at radius 1 is 1.33 bits per heavy atom. The van der Waals surface area contributed by atoms with Crippen molar-refractivity contribution in [3.63, 3.8) is 0 Å². The third-order valence-corrected chi connectivity index (χ3v) is 5.51. The zero-order valence-electron chi connectivity index (χ0n) is 11.0. The van der Waals surface area contributed by atoms with Crippen LogP contribution in [-0.4, -0.2) is 17.3 Å². The minimum atomic E-state index is 0.0388. The van der Waals surface area contributed by atoms with Gasteiger partial charge in [-0.1, -0.05) is 6.08 Å². The summed E-state index contributed by atoms with van der Waals surface area (Å²) in [5, 5.41) is 3.07. The first-order valence-electron chi connectivity index (χ1n) is 7.12. The van der Waals surface area contributed by atoms with Gasteiger partial charge in [0, 0.05) is 11.4 Å². The number of halogens is 1. The van der Waals surface area contributed by atoms with Crippen LogP contribution in [0.5, 0.6) is 0 Å². The van der Waals surface area contributed by atoms with Crippen LogP contribution in [0, 0.1) is 17.3 Å². The molecule has 100 valence electrons. The molecule has 4 saturated carbocycles. The molecule has 4 bridgehead atoms. The van der Waals surface area contributed by atoms with Crippen molar-refractivity contribution in [1.29, 1.82) is 0 Å². The molecule has 0 unspecified atom stereocenters. The van der Waals surface area contributed by atoms with E-state index >= 15 is 0 Å². The molecule has 4 aliphatic rings. The van der Waals surface area contributed by atoms with E-state index in [1.165, 1.54) is 32.1 Å². The maximum atomic E-state index is 11.6. The number of allylic oxidation sites excluding steroid dienone is 1. The molecule has 0 aromatic carbocycles. The van der Waals surface area contributed by atoms with E-state index < -0.39 is 0 Å². The van der Waals surface area contributed by atoms with E-state index in [4.69, 9.17) is 11.6 Å². The van der Waals surface area contributed by atoms with E-state index in [0.717, 1.165) is 24.8 Å². The second kappa shape index (κ2) is 4.26. The van der Waals surface area contributed by atoms with Crippen LogP contribution in [0.3, 0.4) is 0 Å². The topological polar surface area (TPSA) is 29.1 Å². The molecule has 0 spiro atoms. The SMILES string of the molecule is C/C=C/C(=O)NCC12C[C@@H]3C[C@H](CC(Cl)(C3)C1)C2. The summed E-state index contributed by atoms with van der Waals surface area (Å²) in [5.74, 6) is 1.65. The molecule has 0 aromatic heterocycles. The third kappa shape index (κ3) is 2.20. The fourth-order valence-corrected chi connectivity index (χ4v) is 5.75. The Labute approximate surface area is 114 Å². The maximum Gasteiger partial charge on any atom is 0.243 e. The van der Waals surface area contributed by atoms with Crippen molar-refractivity contribution < 1.29 is 4.79 Å². The molecule has 1 N–H and O–H groups in total. The molecule has 4 rings (SSSR count). The summed E-state index contributed by atoms with van der Waals surface area (Å²) in [7, 11) is 0. The van der Waals surface area contributed by atoms with E-state index in [0.29, 0.717) is 5.41 Å². The first-order chi connectivity index (χ1) is 8.53. The molecule has 0 aromatic rings. The fraction of sp³-hybridized carbons (Fsp3) is 0.800. The van der Waals surface area contributed by atoms with E-state index in [2.05, 4.69) is 5.32 Å². The van der Waals surface area contributed by atoms with Gasteiger partial charge in [0.1, 0.15) is 0 Å². The number of hydrogen-bond donors (Lipinski definition) is 1. The largest absolute Gasteiger partial charge is 0.352 e. The lowest BCUT2D eigenvalue weighted by molar-refractivity contribution is -0.118. The van der Waals surface area contributed by atoms with Gasteiger partial charge in [0.05, 0.1) is 0 Å². The van der Waals surface area contributed by atoms with E-state index in [1.54, 1.807) is 12.2 Å². The maximum absolute atomic E-state index is 11.6. The van der Waals surface area contributed by atoms with Crippen LogP contribution >= 0.6 is 11.6 Å². The number of amides is 1. The van der Waals surface area contributed by atoms with E-state index in [9.17, 15) is 4.79 Å². The van der Waals surface area contributed by atoms with Crippen molar-refractivity contribution in [1.82, 2.24) is 5.32 Å². The Kier molecular flexibility index (Phi) is 2.97. The quantitative estimate of drug-likeness (QED) is 0.617. The highest BCUT2D eigenvalue weighted by Gasteiger charge is 2.56. The molecule has 1 amide bonds. The van der Waals surface area contributed by atoms with Crippen molar-refractivity contribution in [2.75, 3.05) is 6.54 Å². The Balaban J connectivity index is 1.69. The molecule has 0 aliphatic heterocycles. The van der Waals surface area contributed by atoms with Crippen LogP contribution in [0.1, 0.15) is 45.4 Å². The van der Waals surface area contributed by atoms with Crippen LogP contribution in [0.15, 0.2) is 12.2 Å². The first-order valence-corrected chi connectivity index (χ1v) is 7.50. The highest BCUT2D eigenvalue weighted by atomic mass is 35.5. The van der Waals surface area contributed by atoms with E-state index in [1.807, 2.05) is 6.92 Å². The Morgan fingerprint density at radius 2 is 2.00 bits per heavy atom. The molecular weight excluding hydrogens is 246 g/mol. The minimum Gasteiger partial charge on any atom is -0.352 e. The monoisotopic (exact) mass is 267 g/mol. The zero-order valence-corrected chi connectivity index (χ0v) is 11.8. The lowest BCUT2D eigenvalue weighted by Crippen LogP contribution is -2.56. The molecule has 4 fully saturated rings. The summed E-state index contributed by atoms with van der Waals surface area (Å²) in [6.07, 6.45) is 10.8. The van der Waals surface area contributed by atoms with Gasteiger partial charge in [0.2, 0.25) is 5.91 Å². The molecular formula is C15H22ClNO. The Morgan fingerprint density at radius 3 is 2.56 bits per heavy atom.